The van der Waals surface area contributed by atoms with Gasteiger partial charge in [-0.25, -0.2) is 0 Å². The van der Waals surface area contributed by atoms with E-state index in [9.17, 15) is 9.59 Å². The molecule has 0 bridgehead atoms. The third-order valence-corrected chi connectivity index (χ3v) is 11.7. The Kier molecular flexibility index (Phi) is 37.9. The number of nitrogens with zero attached hydrogens (tertiary/aromatic N) is 2. The van der Waals surface area contributed by atoms with Crippen molar-refractivity contribution in [3.8, 4) is 0 Å². The van der Waals surface area contributed by atoms with Crippen LogP contribution >= 0.6 is 0 Å². The number of unbranched alkanes of at least 4 members (excludes halogenated alkanes) is 29. The first-order valence-electron chi connectivity index (χ1n) is 24.1. The lowest BCUT2D eigenvalue weighted by Crippen LogP contribution is -2.43. The molecule has 0 aliphatic rings. The van der Waals surface area contributed by atoms with Gasteiger partial charge in [-0.05, 0) is 38.5 Å². The molecule has 0 rings (SSSR count). The molecular weight excluding hydrogens is 669 g/mol. The summed E-state index contributed by atoms with van der Waals surface area (Å²) in [6.45, 7) is 9.63. The van der Waals surface area contributed by atoms with Crippen molar-refractivity contribution < 1.29 is 28.0 Å². The highest BCUT2D eigenvalue weighted by molar-refractivity contribution is 5.69. The predicted molar refractivity (Wildman–Crippen MR) is 234 cm³/mol. The Morgan fingerprint density at radius 1 is 0.315 bits per heavy atom. The van der Waals surface area contributed by atoms with Crippen LogP contribution in [0.5, 0.6) is 0 Å². The Bertz CT molecular complexity index is 749. The minimum atomic E-state index is -0.0827. The Morgan fingerprint density at radius 3 is 0.796 bits per heavy atom. The summed E-state index contributed by atoms with van der Waals surface area (Å²) in [5, 5.41) is 0. The monoisotopic (exact) mass is 767 g/mol. The summed E-state index contributed by atoms with van der Waals surface area (Å²) in [7, 11) is 9.01. The molecule has 54 heavy (non-hydrogen) atoms. The Morgan fingerprint density at radius 2 is 0.537 bits per heavy atom. The summed E-state index contributed by atoms with van der Waals surface area (Å²) in [5.41, 5.74) is 0. The maximum Gasteiger partial charge on any atom is 0.305 e. The third kappa shape index (κ3) is 40.5. The molecule has 0 saturated heterocycles. The van der Waals surface area contributed by atoms with Crippen molar-refractivity contribution in [2.24, 2.45) is 0 Å². The van der Waals surface area contributed by atoms with Crippen LogP contribution in [0.15, 0.2) is 0 Å². The highest BCUT2D eigenvalue weighted by Crippen LogP contribution is 2.16. The molecule has 0 saturated carbocycles. The van der Waals surface area contributed by atoms with Crippen molar-refractivity contribution in [3.63, 3.8) is 0 Å². The third-order valence-electron chi connectivity index (χ3n) is 11.7. The zero-order valence-electron chi connectivity index (χ0n) is 37.8. The van der Waals surface area contributed by atoms with Gasteiger partial charge in [-0.15, -0.1) is 0 Å². The van der Waals surface area contributed by atoms with Crippen LogP contribution in [-0.4, -0.2) is 88.5 Å². The number of likely N-dealkylation sites (N-methyl/N-ethyl adjacent to an activating group) is 2. The zero-order valence-corrected chi connectivity index (χ0v) is 37.8. The van der Waals surface area contributed by atoms with Gasteiger partial charge in [0.25, 0.3) is 0 Å². The van der Waals surface area contributed by atoms with E-state index in [1.54, 1.807) is 0 Å². The number of carbonyl (C=O) groups is 2. The number of hydrogen-bond donors (Lipinski definition) is 0. The average molecular weight is 767 g/mol. The summed E-state index contributed by atoms with van der Waals surface area (Å²) < 4.78 is 12.9. The fourth-order valence-corrected chi connectivity index (χ4v) is 7.54. The summed E-state index contributed by atoms with van der Waals surface area (Å²) in [4.78, 5) is 24.5. The van der Waals surface area contributed by atoms with Crippen LogP contribution in [-0.2, 0) is 19.1 Å². The predicted octanol–water partition coefficient (Wildman–Crippen LogP) is 13.5. The number of carbonyl (C=O) groups excluding carboxylic acids is 2. The van der Waals surface area contributed by atoms with Crippen LogP contribution in [0.25, 0.3) is 0 Å². The molecule has 0 aromatic heterocycles. The van der Waals surface area contributed by atoms with Crippen LogP contribution in [0.1, 0.15) is 232 Å². The molecule has 0 heterocycles. The number of quaternary nitrogens is 2. The van der Waals surface area contributed by atoms with Crippen molar-refractivity contribution in [2.45, 2.75) is 232 Å². The smallest absolute Gasteiger partial charge is 0.305 e. The van der Waals surface area contributed by atoms with Gasteiger partial charge in [0.15, 0.2) is 0 Å². The molecule has 0 amide bonds. The van der Waals surface area contributed by atoms with E-state index in [2.05, 4.69) is 42.0 Å². The molecule has 0 spiro atoms. The van der Waals surface area contributed by atoms with Crippen molar-refractivity contribution in [1.82, 2.24) is 0 Å². The number of rotatable bonds is 43. The van der Waals surface area contributed by atoms with Gasteiger partial charge in [-0.2, -0.15) is 0 Å². The standard InChI is InChI=1S/C48H98N2O4/c1-7-9-11-13-15-17-19-21-23-25-27-29-33-37-41-49(3,4)43-45-53-47(51)39-35-31-32-36-40-48(52)54-46-44-50(5,6)42-38-34-30-28-26-24-22-20-18-16-14-12-10-8-2/h7-46H2,1-6H3/q+2. The maximum atomic E-state index is 12.3. The van der Waals surface area contributed by atoms with E-state index in [4.69, 9.17) is 9.47 Å². The lowest BCUT2D eigenvalue weighted by atomic mass is 10.0. The molecule has 0 N–H and O–H groups in total. The highest BCUT2D eigenvalue weighted by Gasteiger charge is 2.17. The normalized spacial score (nSPS) is 12.0. The van der Waals surface area contributed by atoms with Gasteiger partial charge < -0.3 is 18.4 Å². The molecule has 0 fully saturated rings. The van der Waals surface area contributed by atoms with Gasteiger partial charge >= 0.3 is 11.9 Å². The molecule has 0 aliphatic heterocycles. The second kappa shape index (κ2) is 38.7. The van der Waals surface area contributed by atoms with Gasteiger partial charge in [0.05, 0.1) is 41.3 Å². The van der Waals surface area contributed by atoms with E-state index in [1.165, 1.54) is 180 Å². The summed E-state index contributed by atoms with van der Waals surface area (Å²) in [6, 6.07) is 0. The molecule has 0 aliphatic carbocycles. The molecule has 0 radical (unpaired) electrons. The van der Waals surface area contributed by atoms with Gasteiger partial charge in [0.2, 0.25) is 0 Å². The van der Waals surface area contributed by atoms with E-state index in [0.717, 1.165) is 60.8 Å². The van der Waals surface area contributed by atoms with Crippen molar-refractivity contribution in [3.05, 3.63) is 0 Å². The lowest BCUT2D eigenvalue weighted by Gasteiger charge is -2.29. The second-order valence-electron chi connectivity index (χ2n) is 18.3. The van der Waals surface area contributed by atoms with Crippen molar-refractivity contribution >= 4 is 11.9 Å². The fraction of sp³-hybridized carbons (Fsp3) is 0.958. The van der Waals surface area contributed by atoms with E-state index < -0.39 is 0 Å². The number of hydrogen-bond acceptors (Lipinski definition) is 4. The van der Waals surface area contributed by atoms with Gasteiger partial charge in [0.1, 0.15) is 26.3 Å². The van der Waals surface area contributed by atoms with Gasteiger partial charge in [-0.1, -0.05) is 181 Å². The van der Waals surface area contributed by atoms with Crippen LogP contribution in [0.2, 0.25) is 0 Å². The largest absolute Gasteiger partial charge is 0.460 e. The first-order valence-corrected chi connectivity index (χ1v) is 24.1. The topological polar surface area (TPSA) is 52.6 Å². The molecule has 0 aromatic carbocycles. The summed E-state index contributed by atoms with van der Waals surface area (Å²) in [6.07, 6.45) is 43.4. The highest BCUT2D eigenvalue weighted by atomic mass is 16.5. The van der Waals surface area contributed by atoms with Gasteiger partial charge in [0, 0.05) is 12.8 Å². The Labute approximate surface area is 338 Å². The van der Waals surface area contributed by atoms with Crippen molar-refractivity contribution in [2.75, 3.05) is 67.6 Å². The van der Waals surface area contributed by atoms with Crippen molar-refractivity contribution in [1.29, 1.82) is 0 Å². The minimum Gasteiger partial charge on any atom is -0.460 e. The first kappa shape index (κ1) is 52.9. The van der Waals surface area contributed by atoms with Gasteiger partial charge in [-0.3, -0.25) is 9.59 Å². The molecule has 6 nitrogen and oxygen atoms in total. The second-order valence-corrected chi connectivity index (χ2v) is 18.3. The zero-order chi connectivity index (χ0) is 39.9. The van der Waals surface area contributed by atoms with Crippen LogP contribution < -0.4 is 0 Å². The fourth-order valence-electron chi connectivity index (χ4n) is 7.54. The number of esters is 2. The average Bonchev–Trinajstić information content (AvgIpc) is 3.13. The number of ether oxygens (including phenoxy) is 2. The molecular formula is C48H98N2O4+2. The molecule has 0 unspecified atom stereocenters. The van der Waals surface area contributed by atoms with E-state index in [1.807, 2.05) is 0 Å². The molecule has 0 aromatic rings. The SMILES string of the molecule is CCCCCCCCCCCCCCCC[N+](C)(C)CCOC(=O)CCCCCCC(=O)OCC[N+](C)(C)CCCCCCCCCCCCCCCC. The maximum absolute atomic E-state index is 12.3. The molecule has 322 valence electrons. The van der Waals surface area contributed by atoms with E-state index >= 15 is 0 Å². The van der Waals surface area contributed by atoms with E-state index in [0.29, 0.717) is 26.1 Å². The van der Waals surface area contributed by atoms with Crippen LogP contribution in [0.3, 0.4) is 0 Å². The molecule has 0 atom stereocenters. The quantitative estimate of drug-likeness (QED) is 0.0352. The summed E-state index contributed by atoms with van der Waals surface area (Å²) >= 11 is 0. The Hall–Kier alpha value is -1.14. The van der Waals surface area contributed by atoms with E-state index in [-0.39, 0.29) is 11.9 Å². The Balaban J connectivity index is 3.58. The van der Waals surface area contributed by atoms with Crippen LogP contribution in [0, 0.1) is 0 Å². The minimum absolute atomic E-state index is 0.0827. The summed E-state index contributed by atoms with van der Waals surface area (Å²) in [5.74, 6) is -0.165. The molecule has 6 heteroatoms. The van der Waals surface area contributed by atoms with Crippen LogP contribution in [0.4, 0.5) is 0 Å². The lowest BCUT2D eigenvalue weighted by molar-refractivity contribution is -0.890. The first-order chi connectivity index (χ1) is 26.1.